The van der Waals surface area contributed by atoms with Gasteiger partial charge in [0.05, 0.1) is 5.69 Å². The summed E-state index contributed by atoms with van der Waals surface area (Å²) < 4.78 is 7.14. The zero-order chi connectivity index (χ0) is 15.6. The minimum atomic E-state index is -1.99. The summed E-state index contributed by atoms with van der Waals surface area (Å²) in [7, 11) is 0. The Hall–Kier alpha value is -0.260. The molecule has 4 nitrogen and oxygen atoms in total. The minimum Gasteiger partial charge on any atom is -0.287 e. The van der Waals surface area contributed by atoms with Gasteiger partial charge >= 0.3 is 0 Å². The van der Waals surface area contributed by atoms with E-state index < -0.39 is 6.34 Å². The van der Waals surface area contributed by atoms with E-state index in [1.54, 1.807) is 11.3 Å². The molecule has 2 aromatic heterocycles. The van der Waals surface area contributed by atoms with E-state index in [4.69, 9.17) is 16.8 Å². The van der Waals surface area contributed by atoms with Gasteiger partial charge in [-0.25, -0.2) is 4.98 Å². The van der Waals surface area contributed by atoms with Gasteiger partial charge in [0.25, 0.3) is 0 Å². The third-order valence-electron chi connectivity index (χ3n) is 3.91. The topological polar surface area (TPSA) is 23.8 Å². The predicted octanol–water partition coefficient (Wildman–Crippen LogP) is 3.32. The first kappa shape index (κ1) is 17.1. The normalized spacial score (nSPS) is 12.9. The van der Waals surface area contributed by atoms with Crippen molar-refractivity contribution in [1.29, 1.82) is 0 Å². The second-order valence-electron chi connectivity index (χ2n) is 4.90. The van der Waals surface area contributed by atoms with E-state index in [2.05, 4.69) is 59.9 Å². The molecule has 0 aliphatic carbocycles. The van der Waals surface area contributed by atoms with Crippen molar-refractivity contribution < 1.29 is 0 Å². The van der Waals surface area contributed by atoms with Crippen molar-refractivity contribution in [2.45, 2.75) is 34.6 Å². The van der Waals surface area contributed by atoms with Gasteiger partial charge < -0.3 is 0 Å². The number of aromatic nitrogens is 2. The Labute approximate surface area is 136 Å². The van der Waals surface area contributed by atoms with Crippen molar-refractivity contribution in [3.63, 3.8) is 0 Å². The molecule has 0 saturated carbocycles. The number of rotatable bonds is 7. The third-order valence-corrected chi connectivity index (χ3v) is 10.3. The van der Waals surface area contributed by atoms with Crippen molar-refractivity contribution >= 4 is 39.9 Å². The lowest BCUT2D eigenvalue weighted by Crippen LogP contribution is -2.39. The van der Waals surface area contributed by atoms with Crippen LogP contribution in [0.3, 0.4) is 0 Å². The Morgan fingerprint density at radius 1 is 1.14 bits per heavy atom. The van der Waals surface area contributed by atoms with E-state index in [1.165, 1.54) is 5.44 Å². The van der Waals surface area contributed by atoms with Gasteiger partial charge in [-0.3, -0.25) is 13.7 Å². The Morgan fingerprint density at radius 2 is 1.67 bits per heavy atom. The van der Waals surface area contributed by atoms with Gasteiger partial charge in [0.15, 0.2) is 4.96 Å². The Kier molecular flexibility index (Phi) is 5.60. The van der Waals surface area contributed by atoms with Gasteiger partial charge in [0.2, 0.25) is 0 Å². The van der Waals surface area contributed by atoms with Crippen molar-refractivity contribution in [3.8, 4) is 0 Å². The highest BCUT2D eigenvalue weighted by Gasteiger charge is 2.35. The fourth-order valence-corrected chi connectivity index (χ4v) is 9.11. The van der Waals surface area contributed by atoms with Gasteiger partial charge in [-0.1, -0.05) is 39.5 Å². The lowest BCUT2D eigenvalue weighted by molar-refractivity contribution is 0.427. The first-order valence-corrected chi connectivity index (χ1v) is 11.2. The standard InChI is InChI=1S/C14H25N4PS2/c1-6-16(7-2)19(20,17(8-3)9-4)13-12(5)15-14-18(13)10-11-21-14/h10-11H,6-9H2,1-5H3. The zero-order valence-corrected chi connectivity index (χ0v) is 16.1. The summed E-state index contributed by atoms with van der Waals surface area (Å²) in [4.78, 5) is 5.78. The monoisotopic (exact) mass is 344 g/mol. The molecule has 0 N–H and O–H groups in total. The van der Waals surface area contributed by atoms with Crippen LogP contribution < -0.4 is 5.44 Å². The Balaban J connectivity index is 2.72. The number of hydrogen-bond acceptors (Lipinski definition) is 3. The maximum atomic E-state index is 6.35. The lowest BCUT2D eigenvalue weighted by atomic mass is 10.6. The van der Waals surface area contributed by atoms with Crippen molar-refractivity contribution in [2.24, 2.45) is 0 Å². The summed E-state index contributed by atoms with van der Waals surface area (Å²) in [6.07, 6.45) is 0.127. The maximum Gasteiger partial charge on any atom is 0.194 e. The van der Waals surface area contributed by atoms with E-state index in [-0.39, 0.29) is 0 Å². The number of thiazole rings is 1. The van der Waals surface area contributed by atoms with Gasteiger partial charge in [-0.15, -0.1) is 11.3 Å². The first-order valence-electron chi connectivity index (χ1n) is 7.58. The quantitative estimate of drug-likeness (QED) is 0.719. The lowest BCUT2D eigenvalue weighted by Gasteiger charge is -2.41. The molecule has 0 aliphatic rings. The van der Waals surface area contributed by atoms with Crippen LogP contribution in [0.4, 0.5) is 0 Å². The molecule has 0 unspecified atom stereocenters. The van der Waals surface area contributed by atoms with E-state index in [1.807, 2.05) is 0 Å². The van der Waals surface area contributed by atoms with Crippen molar-refractivity contribution in [1.82, 2.24) is 18.7 Å². The van der Waals surface area contributed by atoms with E-state index in [0.29, 0.717) is 0 Å². The number of nitrogens with zero attached hydrogens (tertiary/aromatic N) is 4. The molecule has 7 heteroatoms. The van der Waals surface area contributed by atoms with Crippen LogP contribution in [-0.4, -0.2) is 44.9 Å². The predicted molar refractivity (Wildman–Crippen MR) is 97.6 cm³/mol. The van der Waals surface area contributed by atoms with Crippen LogP contribution in [0.25, 0.3) is 4.96 Å². The first-order chi connectivity index (χ1) is 10.0. The van der Waals surface area contributed by atoms with Gasteiger partial charge in [0, 0.05) is 37.8 Å². The molecule has 2 heterocycles. The molecule has 0 radical (unpaired) electrons. The van der Waals surface area contributed by atoms with E-state index >= 15 is 0 Å². The highest BCUT2D eigenvalue weighted by Crippen LogP contribution is 2.52. The van der Waals surface area contributed by atoms with Crippen LogP contribution in [0.1, 0.15) is 33.4 Å². The third kappa shape index (κ3) is 2.73. The molecule has 21 heavy (non-hydrogen) atoms. The molecule has 0 saturated heterocycles. The second-order valence-corrected chi connectivity index (χ2v) is 9.94. The molecule has 2 aromatic rings. The highest BCUT2D eigenvalue weighted by atomic mass is 32.4. The molecule has 0 atom stereocenters. The highest BCUT2D eigenvalue weighted by molar-refractivity contribution is 8.15. The Morgan fingerprint density at radius 3 is 2.14 bits per heavy atom. The molecule has 0 amide bonds. The average molecular weight is 344 g/mol. The SMILES string of the molecule is CCN(CC)P(=S)(c1c(C)nc2sccn12)N(CC)CC. The molecule has 0 aromatic carbocycles. The average Bonchev–Trinajstić information content (AvgIpc) is 3.00. The summed E-state index contributed by atoms with van der Waals surface area (Å²) in [6, 6.07) is 0. The second kappa shape index (κ2) is 6.88. The molecule has 118 valence electrons. The summed E-state index contributed by atoms with van der Waals surface area (Å²) in [5.41, 5.74) is 2.32. The smallest absolute Gasteiger partial charge is 0.194 e. The fourth-order valence-electron chi connectivity index (χ4n) is 2.89. The van der Waals surface area contributed by atoms with Crippen LogP contribution in [0.15, 0.2) is 11.6 Å². The Bertz CT molecular complexity index is 624. The molecular formula is C14H25N4PS2. The number of aryl methyl sites for hydroxylation is 1. The van der Waals surface area contributed by atoms with Gasteiger partial charge in [0.1, 0.15) is 11.8 Å². The number of imidazole rings is 1. The van der Waals surface area contributed by atoms with Gasteiger partial charge in [-0.2, -0.15) is 0 Å². The fraction of sp³-hybridized carbons (Fsp3) is 0.643. The van der Waals surface area contributed by atoms with E-state index in [0.717, 1.165) is 36.8 Å². The number of fused-ring (bicyclic) bond motifs is 1. The van der Waals surface area contributed by atoms with Crippen LogP contribution in [-0.2, 0) is 11.8 Å². The molecular weight excluding hydrogens is 319 g/mol. The molecule has 0 bridgehead atoms. The maximum absolute atomic E-state index is 6.35. The largest absolute Gasteiger partial charge is 0.287 e. The van der Waals surface area contributed by atoms with E-state index in [9.17, 15) is 0 Å². The van der Waals surface area contributed by atoms with Crippen LogP contribution >= 0.6 is 17.7 Å². The minimum absolute atomic E-state index is 0.973. The van der Waals surface area contributed by atoms with Crippen molar-refractivity contribution in [2.75, 3.05) is 26.2 Å². The van der Waals surface area contributed by atoms with Gasteiger partial charge in [-0.05, 0) is 6.92 Å². The van der Waals surface area contributed by atoms with Crippen LogP contribution in [0.5, 0.6) is 0 Å². The zero-order valence-electron chi connectivity index (χ0n) is 13.5. The molecule has 0 aliphatic heterocycles. The number of hydrogen-bond donors (Lipinski definition) is 0. The summed E-state index contributed by atoms with van der Waals surface area (Å²) in [6.45, 7) is 14.8. The van der Waals surface area contributed by atoms with Crippen molar-refractivity contribution in [3.05, 3.63) is 17.3 Å². The summed E-state index contributed by atoms with van der Waals surface area (Å²) in [5.74, 6) is 0. The molecule has 0 spiro atoms. The summed E-state index contributed by atoms with van der Waals surface area (Å²) in [5, 5.41) is 2.09. The van der Waals surface area contributed by atoms with Crippen LogP contribution in [0, 0.1) is 6.92 Å². The molecule has 0 fully saturated rings. The molecule has 2 rings (SSSR count). The van der Waals surface area contributed by atoms with Crippen LogP contribution in [0.2, 0.25) is 0 Å². The summed E-state index contributed by atoms with van der Waals surface area (Å²) >= 11 is 8.03.